The van der Waals surface area contributed by atoms with Crippen LogP contribution in [-0.2, 0) is 9.84 Å². The number of hydrogen-bond acceptors (Lipinski definition) is 4. The molecule has 0 spiro atoms. The molecule has 6 nitrogen and oxygen atoms in total. The molecule has 136 valence electrons. The fraction of sp³-hybridized carbons (Fsp3) is 0.562. The normalized spacial score (nSPS) is 19.4. The van der Waals surface area contributed by atoms with E-state index in [4.69, 9.17) is 4.74 Å². The second-order valence-electron chi connectivity index (χ2n) is 5.58. The summed E-state index contributed by atoms with van der Waals surface area (Å²) >= 11 is 0. The van der Waals surface area contributed by atoms with Crippen LogP contribution in [0.3, 0.4) is 0 Å². The molecule has 1 aliphatic heterocycles. The van der Waals surface area contributed by atoms with Crippen molar-refractivity contribution in [1.29, 1.82) is 0 Å². The van der Waals surface area contributed by atoms with E-state index in [0.29, 0.717) is 37.8 Å². The topological polar surface area (TPSA) is 79.8 Å². The van der Waals surface area contributed by atoms with Gasteiger partial charge >= 0.3 is 0 Å². The highest BCUT2D eigenvalue weighted by molar-refractivity contribution is 14.0. The SMILES string of the molecule is CCNC(=NCC1CCS(=O)(=O)C1)NCCOc1ccccc1.I. The molecule has 0 bridgehead atoms. The maximum atomic E-state index is 11.5. The zero-order valence-corrected chi connectivity index (χ0v) is 17.0. The van der Waals surface area contributed by atoms with E-state index in [2.05, 4.69) is 15.6 Å². The zero-order chi connectivity index (χ0) is 16.5. The smallest absolute Gasteiger partial charge is 0.191 e. The van der Waals surface area contributed by atoms with E-state index in [-0.39, 0.29) is 35.6 Å². The van der Waals surface area contributed by atoms with Crippen LogP contribution in [-0.4, -0.2) is 52.1 Å². The van der Waals surface area contributed by atoms with Crippen LogP contribution >= 0.6 is 24.0 Å². The molecule has 0 saturated carbocycles. The number of nitrogens with one attached hydrogen (secondary N) is 2. The number of ether oxygens (including phenoxy) is 1. The summed E-state index contributed by atoms with van der Waals surface area (Å²) in [6.07, 6.45) is 0.711. The summed E-state index contributed by atoms with van der Waals surface area (Å²) in [4.78, 5) is 4.48. The fourth-order valence-corrected chi connectivity index (χ4v) is 4.28. The predicted octanol–water partition coefficient (Wildman–Crippen LogP) is 1.67. The first-order valence-corrected chi connectivity index (χ1v) is 9.81. The van der Waals surface area contributed by atoms with Gasteiger partial charge in [-0.25, -0.2) is 8.42 Å². The van der Waals surface area contributed by atoms with Crippen LogP contribution in [0.25, 0.3) is 0 Å². The van der Waals surface area contributed by atoms with Crippen LogP contribution in [0.1, 0.15) is 13.3 Å². The van der Waals surface area contributed by atoms with Gasteiger partial charge in [-0.05, 0) is 31.4 Å². The van der Waals surface area contributed by atoms with Gasteiger partial charge in [0.15, 0.2) is 15.8 Å². The summed E-state index contributed by atoms with van der Waals surface area (Å²) in [5.41, 5.74) is 0. The van der Waals surface area contributed by atoms with Crippen molar-refractivity contribution in [2.45, 2.75) is 13.3 Å². The summed E-state index contributed by atoms with van der Waals surface area (Å²) in [6, 6.07) is 9.65. The molecular weight excluding hydrogens is 441 g/mol. The van der Waals surface area contributed by atoms with E-state index in [0.717, 1.165) is 12.3 Å². The van der Waals surface area contributed by atoms with Crippen LogP contribution in [0.5, 0.6) is 5.75 Å². The number of para-hydroxylation sites is 1. The van der Waals surface area contributed by atoms with Gasteiger partial charge in [-0.3, -0.25) is 4.99 Å². The molecule has 0 radical (unpaired) electrons. The molecule has 0 aromatic heterocycles. The average molecular weight is 467 g/mol. The van der Waals surface area contributed by atoms with Crippen LogP contribution in [0.15, 0.2) is 35.3 Å². The maximum Gasteiger partial charge on any atom is 0.191 e. The Morgan fingerprint density at radius 2 is 2.04 bits per heavy atom. The van der Waals surface area contributed by atoms with Crippen LogP contribution < -0.4 is 15.4 Å². The minimum absolute atomic E-state index is 0. The van der Waals surface area contributed by atoms with Gasteiger partial charge in [-0.15, -0.1) is 24.0 Å². The molecule has 1 atom stereocenters. The minimum atomic E-state index is -2.84. The Balaban J connectivity index is 0.00000288. The van der Waals surface area contributed by atoms with Crippen molar-refractivity contribution in [3.8, 4) is 5.75 Å². The van der Waals surface area contributed by atoms with E-state index < -0.39 is 9.84 Å². The molecule has 1 fully saturated rings. The number of hydrogen-bond donors (Lipinski definition) is 2. The van der Waals surface area contributed by atoms with Crippen molar-refractivity contribution in [3.63, 3.8) is 0 Å². The van der Waals surface area contributed by atoms with Gasteiger partial charge in [0.1, 0.15) is 12.4 Å². The van der Waals surface area contributed by atoms with Crippen molar-refractivity contribution >= 4 is 39.8 Å². The van der Waals surface area contributed by atoms with Gasteiger partial charge in [0.05, 0.1) is 18.1 Å². The van der Waals surface area contributed by atoms with Crippen LogP contribution in [0.4, 0.5) is 0 Å². The van der Waals surface area contributed by atoms with E-state index in [9.17, 15) is 8.42 Å². The molecule has 1 saturated heterocycles. The highest BCUT2D eigenvalue weighted by Gasteiger charge is 2.27. The highest BCUT2D eigenvalue weighted by Crippen LogP contribution is 2.18. The van der Waals surface area contributed by atoms with E-state index in [1.165, 1.54) is 0 Å². The third-order valence-electron chi connectivity index (χ3n) is 3.59. The van der Waals surface area contributed by atoms with Gasteiger partial charge in [0.2, 0.25) is 0 Å². The van der Waals surface area contributed by atoms with Crippen molar-refractivity contribution in [2.75, 3.05) is 37.7 Å². The Morgan fingerprint density at radius 1 is 1.29 bits per heavy atom. The molecule has 0 aliphatic carbocycles. The number of halogens is 1. The Morgan fingerprint density at radius 3 is 2.67 bits per heavy atom. The second-order valence-corrected chi connectivity index (χ2v) is 7.81. The summed E-state index contributed by atoms with van der Waals surface area (Å²) in [5.74, 6) is 2.23. The lowest BCUT2D eigenvalue weighted by Gasteiger charge is -2.13. The molecule has 2 N–H and O–H groups in total. The van der Waals surface area contributed by atoms with Crippen molar-refractivity contribution in [2.24, 2.45) is 10.9 Å². The molecule has 1 aromatic carbocycles. The molecule has 1 aromatic rings. The minimum Gasteiger partial charge on any atom is -0.492 e. The number of rotatable bonds is 7. The lowest BCUT2D eigenvalue weighted by molar-refractivity contribution is 0.322. The number of sulfone groups is 1. The molecule has 1 heterocycles. The number of guanidine groups is 1. The first-order valence-electron chi connectivity index (χ1n) is 7.99. The third kappa shape index (κ3) is 7.69. The molecule has 8 heteroatoms. The van der Waals surface area contributed by atoms with E-state index in [1.54, 1.807) is 0 Å². The first-order chi connectivity index (χ1) is 11.1. The average Bonchev–Trinajstić information content (AvgIpc) is 2.89. The molecule has 1 aliphatic rings. The Kier molecular flexibility index (Phi) is 9.42. The van der Waals surface area contributed by atoms with Crippen molar-refractivity contribution < 1.29 is 13.2 Å². The Bertz CT molecular complexity index is 608. The van der Waals surface area contributed by atoms with Crippen LogP contribution in [0, 0.1) is 5.92 Å². The van der Waals surface area contributed by atoms with Gasteiger partial charge in [-0.1, -0.05) is 18.2 Å². The monoisotopic (exact) mass is 467 g/mol. The zero-order valence-electron chi connectivity index (χ0n) is 13.9. The van der Waals surface area contributed by atoms with Gasteiger partial charge in [0, 0.05) is 13.1 Å². The molecular formula is C16H26IN3O3S. The standard InChI is InChI=1S/C16H25N3O3S.HI/c1-2-17-16(19-12-14-8-11-23(20,21)13-14)18-9-10-22-15-6-4-3-5-7-15;/h3-7,14H,2,8-13H2,1H3,(H2,17,18,19);1H. The highest BCUT2D eigenvalue weighted by atomic mass is 127. The van der Waals surface area contributed by atoms with E-state index in [1.807, 2.05) is 37.3 Å². The lowest BCUT2D eigenvalue weighted by Crippen LogP contribution is -2.39. The van der Waals surface area contributed by atoms with Gasteiger partial charge in [-0.2, -0.15) is 0 Å². The predicted molar refractivity (Wildman–Crippen MR) is 108 cm³/mol. The fourth-order valence-electron chi connectivity index (χ4n) is 2.43. The maximum absolute atomic E-state index is 11.5. The molecule has 0 amide bonds. The van der Waals surface area contributed by atoms with Crippen LogP contribution in [0.2, 0.25) is 0 Å². The van der Waals surface area contributed by atoms with Gasteiger partial charge in [0.25, 0.3) is 0 Å². The molecule has 1 unspecified atom stereocenters. The largest absolute Gasteiger partial charge is 0.492 e. The summed E-state index contributed by atoms with van der Waals surface area (Å²) < 4.78 is 28.5. The number of nitrogens with zero attached hydrogens (tertiary/aromatic N) is 1. The number of benzene rings is 1. The number of aliphatic imine (C=N–C) groups is 1. The molecule has 2 rings (SSSR count). The van der Waals surface area contributed by atoms with E-state index >= 15 is 0 Å². The quantitative estimate of drug-likeness (QED) is 0.276. The van der Waals surface area contributed by atoms with Crippen molar-refractivity contribution in [1.82, 2.24) is 10.6 Å². The third-order valence-corrected chi connectivity index (χ3v) is 5.42. The second kappa shape index (κ2) is 10.8. The summed E-state index contributed by atoms with van der Waals surface area (Å²) in [7, 11) is -2.84. The molecule has 24 heavy (non-hydrogen) atoms. The summed E-state index contributed by atoms with van der Waals surface area (Å²) in [6.45, 7) is 4.45. The summed E-state index contributed by atoms with van der Waals surface area (Å²) in [5, 5.41) is 6.36. The van der Waals surface area contributed by atoms with Crippen molar-refractivity contribution in [3.05, 3.63) is 30.3 Å². The lowest BCUT2D eigenvalue weighted by atomic mass is 10.1. The first kappa shape index (κ1) is 21.0. The van der Waals surface area contributed by atoms with Gasteiger partial charge < -0.3 is 15.4 Å². The Labute approximate surface area is 161 Å². The Hall–Kier alpha value is -1.03.